The standard InChI is InChI=1S/C13H12N4O2/c1-18-13-10-3-2-9(6-8(10)4-5-15-13)12-16-11(7-14)19-17-12/h2-6H,7,14H2,1H3. The van der Waals surface area contributed by atoms with Gasteiger partial charge in [-0.25, -0.2) is 4.98 Å². The van der Waals surface area contributed by atoms with Crippen molar-refractivity contribution in [1.29, 1.82) is 0 Å². The number of fused-ring (bicyclic) bond motifs is 1. The molecule has 0 radical (unpaired) electrons. The Labute approximate surface area is 109 Å². The van der Waals surface area contributed by atoms with Gasteiger partial charge in [-0.05, 0) is 23.6 Å². The van der Waals surface area contributed by atoms with Gasteiger partial charge in [-0.2, -0.15) is 4.98 Å². The molecule has 0 unspecified atom stereocenters. The van der Waals surface area contributed by atoms with Crippen molar-refractivity contribution in [3.63, 3.8) is 0 Å². The van der Waals surface area contributed by atoms with Gasteiger partial charge in [0.25, 0.3) is 0 Å². The third-order valence-corrected chi connectivity index (χ3v) is 2.82. The highest BCUT2D eigenvalue weighted by atomic mass is 16.5. The number of rotatable bonds is 3. The Kier molecular flexibility index (Phi) is 2.85. The highest BCUT2D eigenvalue weighted by Crippen LogP contribution is 2.27. The zero-order chi connectivity index (χ0) is 13.2. The van der Waals surface area contributed by atoms with Crippen molar-refractivity contribution in [3.05, 3.63) is 36.4 Å². The Morgan fingerprint density at radius 2 is 2.21 bits per heavy atom. The van der Waals surface area contributed by atoms with Crippen molar-refractivity contribution < 1.29 is 9.26 Å². The molecule has 0 saturated carbocycles. The summed E-state index contributed by atoms with van der Waals surface area (Å²) < 4.78 is 10.2. The maximum Gasteiger partial charge on any atom is 0.240 e. The molecule has 6 heteroatoms. The number of pyridine rings is 1. The molecule has 96 valence electrons. The van der Waals surface area contributed by atoms with Gasteiger partial charge in [0.15, 0.2) is 0 Å². The summed E-state index contributed by atoms with van der Waals surface area (Å²) in [6, 6.07) is 7.70. The number of benzene rings is 1. The van der Waals surface area contributed by atoms with Crippen LogP contribution in [-0.2, 0) is 6.54 Å². The van der Waals surface area contributed by atoms with Gasteiger partial charge in [-0.3, -0.25) is 0 Å². The molecular weight excluding hydrogens is 244 g/mol. The van der Waals surface area contributed by atoms with Crippen molar-refractivity contribution >= 4 is 10.8 Å². The summed E-state index contributed by atoms with van der Waals surface area (Å²) in [5.41, 5.74) is 6.31. The Hall–Kier alpha value is -2.47. The number of nitrogens with two attached hydrogens (primary N) is 1. The molecule has 2 heterocycles. The zero-order valence-corrected chi connectivity index (χ0v) is 10.3. The molecule has 0 aliphatic heterocycles. The van der Waals surface area contributed by atoms with Gasteiger partial charge in [-0.15, -0.1) is 0 Å². The highest BCUT2D eigenvalue weighted by Gasteiger charge is 2.09. The first kappa shape index (κ1) is 11.6. The largest absolute Gasteiger partial charge is 0.481 e. The van der Waals surface area contributed by atoms with E-state index < -0.39 is 0 Å². The topological polar surface area (TPSA) is 87.1 Å². The van der Waals surface area contributed by atoms with Gasteiger partial charge in [0.05, 0.1) is 13.7 Å². The van der Waals surface area contributed by atoms with E-state index in [-0.39, 0.29) is 6.54 Å². The van der Waals surface area contributed by atoms with Gasteiger partial charge in [0.1, 0.15) is 0 Å². The quantitative estimate of drug-likeness (QED) is 0.768. The number of hydrogen-bond donors (Lipinski definition) is 1. The van der Waals surface area contributed by atoms with Crippen molar-refractivity contribution in [1.82, 2.24) is 15.1 Å². The maximum atomic E-state index is 5.45. The van der Waals surface area contributed by atoms with Crippen LogP contribution in [0.2, 0.25) is 0 Å². The number of ether oxygens (including phenoxy) is 1. The molecule has 0 bridgehead atoms. The molecule has 0 aliphatic rings. The van der Waals surface area contributed by atoms with E-state index in [1.54, 1.807) is 13.3 Å². The second-order valence-electron chi connectivity index (χ2n) is 3.97. The molecule has 2 N–H and O–H groups in total. The third-order valence-electron chi connectivity index (χ3n) is 2.82. The first-order valence-corrected chi connectivity index (χ1v) is 5.77. The van der Waals surface area contributed by atoms with Crippen LogP contribution < -0.4 is 10.5 Å². The van der Waals surface area contributed by atoms with Crippen molar-refractivity contribution in [2.24, 2.45) is 5.73 Å². The Balaban J connectivity index is 2.11. The van der Waals surface area contributed by atoms with E-state index in [0.717, 1.165) is 16.3 Å². The van der Waals surface area contributed by atoms with Gasteiger partial charge in [0.2, 0.25) is 17.6 Å². The van der Waals surface area contributed by atoms with Crippen molar-refractivity contribution in [2.75, 3.05) is 7.11 Å². The highest BCUT2D eigenvalue weighted by molar-refractivity contribution is 5.89. The molecule has 0 fully saturated rings. The fraction of sp³-hybridized carbons (Fsp3) is 0.154. The normalized spacial score (nSPS) is 10.8. The summed E-state index contributed by atoms with van der Waals surface area (Å²) >= 11 is 0. The summed E-state index contributed by atoms with van der Waals surface area (Å²) in [6.45, 7) is 0.234. The van der Waals surface area contributed by atoms with Crippen LogP contribution in [0, 0.1) is 0 Å². The lowest BCUT2D eigenvalue weighted by Crippen LogP contribution is -1.95. The Morgan fingerprint density at radius 3 is 2.95 bits per heavy atom. The van der Waals surface area contributed by atoms with Crippen LogP contribution in [0.4, 0.5) is 0 Å². The molecule has 0 amide bonds. The van der Waals surface area contributed by atoms with E-state index in [9.17, 15) is 0 Å². The first-order valence-electron chi connectivity index (χ1n) is 5.77. The fourth-order valence-electron chi connectivity index (χ4n) is 1.91. The van der Waals surface area contributed by atoms with Crippen LogP contribution in [0.3, 0.4) is 0 Å². The minimum absolute atomic E-state index is 0.234. The fourth-order valence-corrected chi connectivity index (χ4v) is 1.91. The molecule has 3 rings (SSSR count). The molecule has 1 aromatic carbocycles. The predicted octanol–water partition coefficient (Wildman–Crippen LogP) is 1.75. The molecule has 0 atom stereocenters. The van der Waals surface area contributed by atoms with E-state index in [0.29, 0.717) is 17.6 Å². The molecule has 0 aliphatic carbocycles. The molecular formula is C13H12N4O2. The molecule has 3 aromatic rings. The van der Waals surface area contributed by atoms with Crippen molar-refractivity contribution in [2.45, 2.75) is 6.54 Å². The third kappa shape index (κ3) is 2.02. The molecule has 2 aromatic heterocycles. The monoisotopic (exact) mass is 256 g/mol. The SMILES string of the molecule is COc1nccc2cc(-c3noc(CN)n3)ccc12. The summed E-state index contributed by atoms with van der Waals surface area (Å²) in [7, 11) is 1.60. The molecule has 6 nitrogen and oxygen atoms in total. The van der Waals surface area contributed by atoms with E-state index in [2.05, 4.69) is 15.1 Å². The summed E-state index contributed by atoms with van der Waals surface area (Å²) in [5.74, 6) is 1.54. The van der Waals surface area contributed by atoms with Crippen LogP contribution >= 0.6 is 0 Å². The lowest BCUT2D eigenvalue weighted by molar-refractivity contribution is 0.380. The van der Waals surface area contributed by atoms with Gasteiger partial charge in [-0.1, -0.05) is 11.2 Å². The smallest absolute Gasteiger partial charge is 0.240 e. The Bertz CT molecular complexity index is 723. The minimum atomic E-state index is 0.234. The number of nitrogens with zero attached hydrogens (tertiary/aromatic N) is 3. The lowest BCUT2D eigenvalue weighted by atomic mass is 10.1. The predicted molar refractivity (Wildman–Crippen MR) is 69.5 cm³/mol. The summed E-state index contributed by atoms with van der Waals surface area (Å²) in [6.07, 6.45) is 1.70. The molecule has 19 heavy (non-hydrogen) atoms. The number of hydrogen-bond acceptors (Lipinski definition) is 6. The average molecular weight is 256 g/mol. The second kappa shape index (κ2) is 4.66. The summed E-state index contributed by atoms with van der Waals surface area (Å²) in [5, 5.41) is 5.84. The van der Waals surface area contributed by atoms with Gasteiger partial charge >= 0.3 is 0 Å². The summed E-state index contributed by atoms with van der Waals surface area (Å²) in [4.78, 5) is 8.36. The average Bonchev–Trinajstić information content (AvgIpc) is 2.95. The van der Waals surface area contributed by atoms with E-state index >= 15 is 0 Å². The van der Waals surface area contributed by atoms with Crippen LogP contribution in [0.25, 0.3) is 22.2 Å². The van der Waals surface area contributed by atoms with E-state index in [4.69, 9.17) is 15.0 Å². The van der Waals surface area contributed by atoms with Gasteiger partial charge in [0, 0.05) is 17.1 Å². The van der Waals surface area contributed by atoms with E-state index in [1.807, 2.05) is 24.3 Å². The second-order valence-corrected chi connectivity index (χ2v) is 3.97. The molecule has 0 spiro atoms. The van der Waals surface area contributed by atoms with Crippen LogP contribution in [0.5, 0.6) is 5.88 Å². The maximum absolute atomic E-state index is 5.45. The van der Waals surface area contributed by atoms with Crippen LogP contribution in [-0.4, -0.2) is 22.2 Å². The lowest BCUT2D eigenvalue weighted by Gasteiger charge is -2.04. The number of aromatic nitrogens is 3. The minimum Gasteiger partial charge on any atom is -0.481 e. The van der Waals surface area contributed by atoms with Crippen LogP contribution in [0.1, 0.15) is 5.89 Å². The zero-order valence-electron chi connectivity index (χ0n) is 10.3. The van der Waals surface area contributed by atoms with Crippen molar-refractivity contribution in [3.8, 4) is 17.3 Å². The van der Waals surface area contributed by atoms with Crippen LogP contribution in [0.15, 0.2) is 35.0 Å². The first-order chi connectivity index (χ1) is 9.31. The number of methoxy groups -OCH3 is 1. The Morgan fingerprint density at radius 1 is 1.32 bits per heavy atom. The molecule has 0 saturated heterocycles. The van der Waals surface area contributed by atoms with Gasteiger partial charge < -0.3 is 15.0 Å². The van der Waals surface area contributed by atoms with E-state index in [1.165, 1.54) is 0 Å².